The van der Waals surface area contributed by atoms with Crippen LogP contribution in [0.1, 0.15) is 26.6 Å². The van der Waals surface area contributed by atoms with Crippen molar-refractivity contribution in [2.75, 3.05) is 24.5 Å². The van der Waals surface area contributed by atoms with E-state index >= 15 is 0 Å². The van der Waals surface area contributed by atoms with Crippen LogP contribution in [-0.4, -0.2) is 51.7 Å². The minimum atomic E-state index is -0.892. The van der Waals surface area contributed by atoms with Crippen LogP contribution in [-0.2, 0) is 0 Å². The maximum atomic E-state index is 12.6. The molecule has 31 heavy (non-hydrogen) atoms. The quantitative estimate of drug-likeness (QED) is 0.628. The van der Waals surface area contributed by atoms with Crippen LogP contribution >= 0.6 is 0 Å². The molecule has 1 aromatic carbocycles. The molecule has 2 aromatic heterocycles. The van der Waals surface area contributed by atoms with Crippen LogP contribution in [0.4, 0.5) is 10.5 Å². The first-order valence-electron chi connectivity index (χ1n) is 10.3. The number of anilines is 1. The molecule has 0 bridgehead atoms. The number of fused-ring (bicyclic) bond motifs is 1. The van der Waals surface area contributed by atoms with Gasteiger partial charge in [0.1, 0.15) is 11.4 Å². The highest BCUT2D eigenvalue weighted by Crippen LogP contribution is 2.31. The molecule has 1 aliphatic heterocycles. The van der Waals surface area contributed by atoms with Crippen molar-refractivity contribution in [2.45, 2.75) is 33.7 Å². The molecule has 8 nitrogen and oxygen atoms in total. The van der Waals surface area contributed by atoms with Crippen molar-refractivity contribution >= 4 is 22.7 Å². The highest BCUT2D eigenvalue weighted by atomic mass is 16.4. The Labute approximate surface area is 180 Å². The first-order chi connectivity index (χ1) is 14.6. The van der Waals surface area contributed by atoms with Crippen molar-refractivity contribution in [2.24, 2.45) is 5.41 Å². The topological polar surface area (TPSA) is 99.8 Å². The van der Waals surface area contributed by atoms with Crippen LogP contribution in [0.25, 0.3) is 22.2 Å². The fourth-order valence-corrected chi connectivity index (χ4v) is 4.07. The lowest BCUT2D eigenvalue weighted by Gasteiger charge is -2.46. The second kappa shape index (κ2) is 7.68. The second-order valence-corrected chi connectivity index (χ2v) is 8.96. The van der Waals surface area contributed by atoms with Crippen LogP contribution in [0.3, 0.4) is 0 Å². The van der Waals surface area contributed by atoms with E-state index in [2.05, 4.69) is 14.9 Å². The van der Waals surface area contributed by atoms with Gasteiger partial charge in [0.15, 0.2) is 0 Å². The van der Waals surface area contributed by atoms with E-state index in [0.717, 1.165) is 11.1 Å². The first-order valence-corrected chi connectivity index (χ1v) is 10.3. The van der Waals surface area contributed by atoms with E-state index in [4.69, 9.17) is 4.42 Å². The van der Waals surface area contributed by atoms with Crippen molar-refractivity contribution in [3.8, 4) is 11.3 Å². The summed E-state index contributed by atoms with van der Waals surface area (Å²) in [5.74, 6) is 0.584. The van der Waals surface area contributed by atoms with Crippen molar-refractivity contribution in [3.05, 3.63) is 52.8 Å². The summed E-state index contributed by atoms with van der Waals surface area (Å²) in [6, 6.07) is 9.07. The van der Waals surface area contributed by atoms with Crippen molar-refractivity contribution in [3.63, 3.8) is 0 Å². The van der Waals surface area contributed by atoms with Crippen LogP contribution in [0.5, 0.6) is 0 Å². The Bertz CT molecular complexity index is 1200. The summed E-state index contributed by atoms with van der Waals surface area (Å²) in [4.78, 5) is 36.4. The zero-order valence-electron chi connectivity index (χ0n) is 18.1. The third-order valence-corrected chi connectivity index (χ3v) is 5.76. The van der Waals surface area contributed by atoms with E-state index in [1.807, 2.05) is 39.0 Å². The minimum Gasteiger partial charge on any atom is -0.465 e. The molecule has 1 amide bonds. The van der Waals surface area contributed by atoms with Crippen molar-refractivity contribution in [1.82, 2.24) is 14.9 Å². The number of hydrogen-bond donors (Lipinski definition) is 1. The molecule has 0 saturated carbocycles. The number of amides is 1. The summed E-state index contributed by atoms with van der Waals surface area (Å²) in [5.41, 5.74) is 1.67. The summed E-state index contributed by atoms with van der Waals surface area (Å²) >= 11 is 0. The van der Waals surface area contributed by atoms with Crippen LogP contribution in [0.2, 0.25) is 0 Å². The van der Waals surface area contributed by atoms with Crippen LogP contribution in [0.15, 0.2) is 45.7 Å². The number of nitrogens with zero attached hydrogens (tertiary/aromatic N) is 4. The van der Waals surface area contributed by atoms with Crippen molar-refractivity contribution < 1.29 is 14.3 Å². The molecule has 1 saturated heterocycles. The van der Waals surface area contributed by atoms with E-state index in [1.54, 1.807) is 25.3 Å². The molecule has 1 unspecified atom stereocenters. The van der Waals surface area contributed by atoms with Gasteiger partial charge in [-0.1, -0.05) is 20.8 Å². The zero-order valence-corrected chi connectivity index (χ0v) is 18.1. The summed E-state index contributed by atoms with van der Waals surface area (Å²) in [5, 5.41) is 10.4. The summed E-state index contributed by atoms with van der Waals surface area (Å²) in [6.07, 6.45) is 0.726. The molecule has 0 radical (unpaired) electrons. The predicted molar refractivity (Wildman–Crippen MR) is 118 cm³/mol. The molecule has 8 heteroatoms. The first kappa shape index (κ1) is 20.8. The maximum absolute atomic E-state index is 12.6. The van der Waals surface area contributed by atoms with E-state index in [-0.39, 0.29) is 11.5 Å². The molecule has 4 rings (SSSR count). The molecule has 1 atom stereocenters. The average Bonchev–Trinajstić information content (AvgIpc) is 2.71. The van der Waals surface area contributed by atoms with E-state index < -0.39 is 11.7 Å². The number of piperazine rings is 1. The number of aromatic nitrogens is 2. The molecule has 162 valence electrons. The fraction of sp³-hybridized carbons (Fsp3) is 0.391. The monoisotopic (exact) mass is 422 g/mol. The van der Waals surface area contributed by atoms with Gasteiger partial charge in [-0.25, -0.2) is 19.6 Å². The van der Waals surface area contributed by atoms with Gasteiger partial charge in [-0.05, 0) is 36.6 Å². The maximum Gasteiger partial charge on any atom is 0.407 e. The molecule has 1 aliphatic rings. The van der Waals surface area contributed by atoms with Gasteiger partial charge in [0, 0.05) is 43.0 Å². The zero-order chi connectivity index (χ0) is 22.3. The normalized spacial score (nSPS) is 17.2. The van der Waals surface area contributed by atoms with Gasteiger partial charge in [0.05, 0.1) is 17.3 Å². The SMILES string of the molecule is Cc1nccc(-c2cc3ccc(N4CCN(C(=O)O)C(C(C)(C)C)C4)cc3oc2=O)n1. The van der Waals surface area contributed by atoms with Crippen molar-refractivity contribution in [1.29, 1.82) is 0 Å². The number of benzene rings is 1. The van der Waals surface area contributed by atoms with Gasteiger partial charge in [0.2, 0.25) is 0 Å². The molecule has 1 N–H and O–H groups in total. The van der Waals surface area contributed by atoms with E-state index in [9.17, 15) is 14.7 Å². The highest BCUT2D eigenvalue weighted by Gasteiger charge is 2.38. The molecule has 3 heterocycles. The summed E-state index contributed by atoms with van der Waals surface area (Å²) in [7, 11) is 0. The molecule has 3 aromatic rings. The lowest BCUT2D eigenvalue weighted by molar-refractivity contribution is 0.0748. The Hall–Kier alpha value is -3.42. The molecular formula is C23H26N4O4. The predicted octanol–water partition coefficient (Wildman–Crippen LogP) is 3.77. The largest absolute Gasteiger partial charge is 0.465 e. The van der Waals surface area contributed by atoms with Gasteiger partial charge in [0.25, 0.3) is 0 Å². The smallest absolute Gasteiger partial charge is 0.407 e. The lowest BCUT2D eigenvalue weighted by Crippen LogP contribution is -2.59. The third kappa shape index (κ3) is 4.10. The van der Waals surface area contributed by atoms with Gasteiger partial charge >= 0.3 is 11.7 Å². The number of aryl methyl sites for hydroxylation is 1. The van der Waals surface area contributed by atoms with Gasteiger partial charge in [-0.15, -0.1) is 0 Å². The summed E-state index contributed by atoms with van der Waals surface area (Å²) < 4.78 is 5.62. The number of hydrogen-bond acceptors (Lipinski definition) is 6. The fourth-order valence-electron chi connectivity index (χ4n) is 4.07. The standard InChI is InChI=1S/C23H26N4O4/c1-14-24-8-7-18(25-14)17-11-15-5-6-16(12-19(15)31-21(17)28)26-9-10-27(22(29)30)20(13-26)23(2,3)4/h5-8,11-12,20H,9-10,13H2,1-4H3,(H,29,30). The molecule has 0 aliphatic carbocycles. The third-order valence-electron chi connectivity index (χ3n) is 5.76. The molecule has 1 fully saturated rings. The average molecular weight is 422 g/mol. The number of rotatable bonds is 2. The van der Waals surface area contributed by atoms with Gasteiger partial charge < -0.3 is 19.3 Å². The Morgan fingerprint density at radius 3 is 2.65 bits per heavy atom. The summed E-state index contributed by atoms with van der Waals surface area (Å²) in [6.45, 7) is 9.49. The number of carbonyl (C=O) groups is 1. The molecular weight excluding hydrogens is 396 g/mol. The number of carboxylic acid groups (broad SMARTS) is 1. The van der Waals surface area contributed by atoms with Crippen LogP contribution in [0, 0.1) is 12.3 Å². The van der Waals surface area contributed by atoms with Gasteiger partial charge in [-0.2, -0.15) is 0 Å². The van der Waals surface area contributed by atoms with E-state index in [1.165, 1.54) is 4.90 Å². The highest BCUT2D eigenvalue weighted by molar-refractivity contribution is 5.84. The lowest BCUT2D eigenvalue weighted by atomic mass is 9.84. The van der Waals surface area contributed by atoms with E-state index in [0.29, 0.717) is 42.3 Å². The van der Waals surface area contributed by atoms with Crippen LogP contribution < -0.4 is 10.5 Å². The minimum absolute atomic E-state index is 0.148. The molecule has 0 spiro atoms. The Morgan fingerprint density at radius 2 is 1.97 bits per heavy atom. The Morgan fingerprint density at radius 1 is 1.19 bits per heavy atom. The second-order valence-electron chi connectivity index (χ2n) is 8.96. The Balaban J connectivity index is 1.68. The van der Waals surface area contributed by atoms with Gasteiger partial charge in [-0.3, -0.25) is 0 Å². The Kier molecular flexibility index (Phi) is 5.16.